The van der Waals surface area contributed by atoms with Crippen molar-refractivity contribution >= 4 is 29.4 Å². The molecular weight excluding hydrogens is 388 g/mol. The van der Waals surface area contributed by atoms with Crippen LogP contribution < -0.4 is 5.48 Å². The van der Waals surface area contributed by atoms with E-state index in [4.69, 9.17) is 0 Å². The summed E-state index contributed by atoms with van der Waals surface area (Å²) in [6, 6.07) is 19.4. The normalized spacial score (nSPS) is 19.8. The molecule has 0 bridgehead atoms. The topological polar surface area (TPSA) is 52.6 Å². The van der Waals surface area contributed by atoms with Crippen molar-refractivity contribution < 1.29 is 10.0 Å². The molecule has 148 valence electrons. The van der Waals surface area contributed by atoms with E-state index in [2.05, 4.69) is 41.3 Å². The van der Waals surface area contributed by atoms with Crippen LogP contribution in [-0.4, -0.2) is 39.9 Å². The van der Waals surface area contributed by atoms with Crippen LogP contribution >= 0.6 is 23.5 Å². The van der Waals surface area contributed by atoms with E-state index in [1.807, 2.05) is 23.7 Å². The SMILES string of the molecule is O=C(NO)C1(Sc2ccc(Sc3ccccc3)cc2)CCN(C2CCC2)CC1. The molecule has 28 heavy (non-hydrogen) atoms. The quantitative estimate of drug-likeness (QED) is 0.524. The highest BCUT2D eigenvalue weighted by atomic mass is 32.2. The standard InChI is InChI=1S/C22H26N2O2S2/c25-21(23-26)22(13-15-24(16-14-22)17-5-4-6-17)28-20-11-9-19(10-12-20)27-18-7-2-1-3-8-18/h1-3,7-12,17,26H,4-6,13-16H2,(H,23,25). The first-order valence-corrected chi connectivity index (χ1v) is 11.5. The fourth-order valence-electron chi connectivity index (χ4n) is 3.91. The van der Waals surface area contributed by atoms with Gasteiger partial charge in [0, 0.05) is 33.8 Å². The number of nitrogens with zero attached hydrogens (tertiary/aromatic N) is 1. The third-order valence-corrected chi connectivity index (χ3v) is 8.34. The first kappa shape index (κ1) is 19.8. The van der Waals surface area contributed by atoms with Crippen LogP contribution in [0.1, 0.15) is 32.1 Å². The summed E-state index contributed by atoms with van der Waals surface area (Å²) in [6.45, 7) is 1.85. The highest BCUT2D eigenvalue weighted by molar-refractivity contribution is 8.01. The van der Waals surface area contributed by atoms with Crippen molar-refractivity contribution in [1.29, 1.82) is 0 Å². The number of hydrogen-bond donors (Lipinski definition) is 2. The van der Waals surface area contributed by atoms with Gasteiger partial charge in [0.1, 0.15) is 4.75 Å². The maximum atomic E-state index is 12.6. The largest absolute Gasteiger partial charge is 0.300 e. The number of nitrogens with one attached hydrogen (secondary N) is 1. The number of carbonyl (C=O) groups excluding carboxylic acids is 1. The monoisotopic (exact) mass is 414 g/mol. The maximum Gasteiger partial charge on any atom is 0.260 e. The summed E-state index contributed by atoms with van der Waals surface area (Å²) in [7, 11) is 0. The van der Waals surface area contributed by atoms with Gasteiger partial charge in [-0.3, -0.25) is 10.0 Å². The minimum atomic E-state index is -0.594. The Bertz CT molecular complexity index is 786. The number of rotatable bonds is 6. The molecule has 2 N–H and O–H groups in total. The summed E-state index contributed by atoms with van der Waals surface area (Å²) >= 11 is 3.32. The highest BCUT2D eigenvalue weighted by Gasteiger charge is 2.44. The van der Waals surface area contributed by atoms with Gasteiger partial charge >= 0.3 is 0 Å². The van der Waals surface area contributed by atoms with E-state index >= 15 is 0 Å². The average molecular weight is 415 g/mol. The van der Waals surface area contributed by atoms with E-state index in [1.165, 1.54) is 29.1 Å². The zero-order valence-electron chi connectivity index (χ0n) is 15.8. The van der Waals surface area contributed by atoms with Crippen molar-refractivity contribution in [3.05, 3.63) is 54.6 Å². The minimum Gasteiger partial charge on any atom is -0.300 e. The Balaban J connectivity index is 1.43. The van der Waals surface area contributed by atoms with Crippen LogP contribution in [0.4, 0.5) is 0 Å². The molecule has 2 aliphatic rings. The first-order valence-electron chi connectivity index (χ1n) is 9.89. The molecule has 2 aromatic carbocycles. The molecule has 1 aliphatic heterocycles. The fraction of sp³-hybridized carbons (Fsp3) is 0.409. The number of hydrogen-bond acceptors (Lipinski definition) is 5. The van der Waals surface area contributed by atoms with Crippen molar-refractivity contribution in [2.75, 3.05) is 13.1 Å². The van der Waals surface area contributed by atoms with Gasteiger partial charge in [-0.05, 0) is 62.1 Å². The number of amides is 1. The molecule has 0 spiro atoms. The smallest absolute Gasteiger partial charge is 0.260 e. The Kier molecular flexibility index (Phi) is 6.31. The molecule has 2 aromatic rings. The van der Waals surface area contributed by atoms with Gasteiger partial charge in [0.05, 0.1) is 0 Å². The molecule has 0 radical (unpaired) electrons. The molecule has 2 fully saturated rings. The first-order chi connectivity index (χ1) is 13.7. The van der Waals surface area contributed by atoms with Crippen molar-refractivity contribution in [1.82, 2.24) is 10.4 Å². The van der Waals surface area contributed by atoms with Gasteiger partial charge in [0.25, 0.3) is 5.91 Å². The van der Waals surface area contributed by atoms with Crippen LogP contribution in [0.2, 0.25) is 0 Å². The van der Waals surface area contributed by atoms with Crippen LogP contribution in [0, 0.1) is 0 Å². The maximum absolute atomic E-state index is 12.6. The third kappa shape index (κ3) is 4.40. The Morgan fingerprint density at radius 3 is 2.14 bits per heavy atom. The molecule has 1 aliphatic carbocycles. The number of carbonyl (C=O) groups is 1. The molecule has 1 heterocycles. The van der Waals surface area contributed by atoms with Crippen LogP contribution in [-0.2, 0) is 4.79 Å². The molecule has 0 unspecified atom stereocenters. The molecule has 4 rings (SSSR count). The van der Waals surface area contributed by atoms with Crippen LogP contribution in [0.15, 0.2) is 69.3 Å². The number of benzene rings is 2. The fourth-order valence-corrected chi connectivity index (χ4v) is 5.99. The summed E-state index contributed by atoms with van der Waals surface area (Å²) in [4.78, 5) is 18.5. The van der Waals surface area contributed by atoms with Crippen molar-refractivity contribution in [2.24, 2.45) is 0 Å². The van der Waals surface area contributed by atoms with Crippen LogP contribution in [0.25, 0.3) is 0 Å². The summed E-state index contributed by atoms with van der Waals surface area (Å²) in [6.07, 6.45) is 5.42. The highest BCUT2D eigenvalue weighted by Crippen LogP contribution is 2.43. The lowest BCUT2D eigenvalue weighted by Crippen LogP contribution is -2.54. The summed E-state index contributed by atoms with van der Waals surface area (Å²) in [5.74, 6) is -0.270. The minimum absolute atomic E-state index is 0.270. The molecular formula is C22H26N2O2S2. The molecule has 1 saturated heterocycles. The van der Waals surface area contributed by atoms with E-state index in [1.54, 1.807) is 23.5 Å². The Labute approximate surface area is 175 Å². The number of hydroxylamine groups is 1. The van der Waals surface area contributed by atoms with Gasteiger partial charge in [-0.15, -0.1) is 11.8 Å². The zero-order chi connectivity index (χ0) is 19.4. The lowest BCUT2D eigenvalue weighted by atomic mass is 9.87. The van der Waals surface area contributed by atoms with Crippen LogP contribution in [0.3, 0.4) is 0 Å². The lowest BCUT2D eigenvalue weighted by molar-refractivity contribution is -0.133. The van der Waals surface area contributed by atoms with Gasteiger partial charge in [0.15, 0.2) is 0 Å². The zero-order valence-corrected chi connectivity index (χ0v) is 17.5. The van der Waals surface area contributed by atoms with E-state index in [0.29, 0.717) is 6.04 Å². The summed E-state index contributed by atoms with van der Waals surface area (Å²) in [5, 5.41) is 9.34. The second-order valence-corrected chi connectivity index (χ2v) is 10.1. The van der Waals surface area contributed by atoms with Gasteiger partial charge < -0.3 is 4.90 Å². The van der Waals surface area contributed by atoms with Gasteiger partial charge in [-0.25, -0.2) is 5.48 Å². The molecule has 6 heteroatoms. The number of piperidine rings is 1. The van der Waals surface area contributed by atoms with E-state index in [-0.39, 0.29) is 5.91 Å². The lowest BCUT2D eigenvalue weighted by Gasteiger charge is -2.45. The third-order valence-electron chi connectivity index (χ3n) is 5.83. The van der Waals surface area contributed by atoms with E-state index in [0.717, 1.165) is 30.8 Å². The average Bonchev–Trinajstić information content (AvgIpc) is 2.70. The Hall–Kier alpha value is -1.47. The second kappa shape index (κ2) is 8.91. The number of likely N-dealkylation sites (tertiary alicyclic amines) is 1. The molecule has 1 amide bonds. The Morgan fingerprint density at radius 2 is 1.57 bits per heavy atom. The van der Waals surface area contributed by atoms with Crippen molar-refractivity contribution in [2.45, 2.75) is 57.6 Å². The van der Waals surface area contributed by atoms with E-state index < -0.39 is 4.75 Å². The predicted molar refractivity (Wildman–Crippen MR) is 114 cm³/mol. The van der Waals surface area contributed by atoms with E-state index in [9.17, 15) is 10.0 Å². The summed E-state index contributed by atoms with van der Waals surface area (Å²) < 4.78 is -0.594. The molecule has 0 atom stereocenters. The molecule has 4 nitrogen and oxygen atoms in total. The summed E-state index contributed by atoms with van der Waals surface area (Å²) in [5.41, 5.74) is 1.93. The van der Waals surface area contributed by atoms with Gasteiger partial charge in [-0.2, -0.15) is 0 Å². The van der Waals surface area contributed by atoms with Crippen molar-refractivity contribution in [3.8, 4) is 0 Å². The Morgan fingerprint density at radius 1 is 0.964 bits per heavy atom. The number of thioether (sulfide) groups is 1. The predicted octanol–water partition coefficient (Wildman–Crippen LogP) is 4.82. The second-order valence-electron chi connectivity index (χ2n) is 7.54. The molecule has 0 aromatic heterocycles. The van der Waals surface area contributed by atoms with Crippen LogP contribution in [0.5, 0.6) is 0 Å². The molecule has 1 saturated carbocycles. The van der Waals surface area contributed by atoms with Gasteiger partial charge in [-0.1, -0.05) is 36.4 Å². The van der Waals surface area contributed by atoms with Crippen molar-refractivity contribution in [3.63, 3.8) is 0 Å². The van der Waals surface area contributed by atoms with Gasteiger partial charge in [0.2, 0.25) is 0 Å².